The molecule has 124 valence electrons. The Morgan fingerprint density at radius 1 is 1.38 bits per heavy atom. The third-order valence-electron chi connectivity index (χ3n) is 3.63. The van der Waals surface area contributed by atoms with Gasteiger partial charge in [-0.2, -0.15) is 17.4 Å². The average molecular weight is 322 g/mol. The van der Waals surface area contributed by atoms with Crippen molar-refractivity contribution in [3.8, 4) is 0 Å². The summed E-state index contributed by atoms with van der Waals surface area (Å²) in [6, 6.07) is 0. The number of hydrogen-bond acceptors (Lipinski definition) is 4. The van der Waals surface area contributed by atoms with Gasteiger partial charge in [0.1, 0.15) is 0 Å². The van der Waals surface area contributed by atoms with Gasteiger partial charge in [0.15, 0.2) is 0 Å². The average Bonchev–Trinajstić information content (AvgIpc) is 2.35. The number of nitrogens with zero attached hydrogens (tertiary/aromatic N) is 1. The quantitative estimate of drug-likeness (QED) is 0.629. The van der Waals surface area contributed by atoms with Crippen LogP contribution in [0.15, 0.2) is 0 Å². The van der Waals surface area contributed by atoms with Gasteiger partial charge in [0.05, 0.1) is 11.5 Å². The molecule has 1 aliphatic heterocycles. The normalized spacial score (nSPS) is 21.4. The van der Waals surface area contributed by atoms with Crippen LogP contribution in [0.5, 0.6) is 0 Å². The van der Waals surface area contributed by atoms with Crippen LogP contribution in [0.2, 0.25) is 0 Å². The minimum Gasteiger partial charge on any atom is -0.481 e. The summed E-state index contributed by atoms with van der Waals surface area (Å²) >= 11 is 0. The van der Waals surface area contributed by atoms with Gasteiger partial charge >= 0.3 is 5.97 Å². The Kier molecular flexibility index (Phi) is 6.15. The molecule has 0 aromatic carbocycles. The van der Waals surface area contributed by atoms with Crippen LogP contribution in [-0.4, -0.2) is 54.1 Å². The van der Waals surface area contributed by atoms with Gasteiger partial charge in [0.25, 0.3) is 10.2 Å². The lowest BCUT2D eigenvalue weighted by molar-refractivity contribution is -0.142. The van der Waals surface area contributed by atoms with Gasteiger partial charge in [-0.3, -0.25) is 4.79 Å². The van der Waals surface area contributed by atoms with E-state index in [4.69, 9.17) is 5.11 Å². The van der Waals surface area contributed by atoms with E-state index in [0.717, 1.165) is 0 Å². The van der Waals surface area contributed by atoms with E-state index in [1.807, 2.05) is 13.8 Å². The second-order valence-electron chi connectivity index (χ2n) is 6.43. The number of aliphatic carboxylic acids is 1. The highest BCUT2D eigenvalue weighted by Gasteiger charge is 2.32. The number of carboxylic acid groups (broad SMARTS) is 1. The molecule has 8 heteroatoms. The van der Waals surface area contributed by atoms with Crippen LogP contribution in [-0.2, 0) is 15.0 Å². The SMILES string of the molecule is CC(C)CC(C)(O)CNS(=O)(=O)N1CCC(C(=O)O)CC1. The van der Waals surface area contributed by atoms with E-state index in [1.165, 1.54) is 4.31 Å². The van der Waals surface area contributed by atoms with Gasteiger partial charge < -0.3 is 10.2 Å². The molecule has 3 N–H and O–H groups in total. The van der Waals surface area contributed by atoms with Gasteiger partial charge in [-0.25, -0.2) is 0 Å². The molecular formula is C13H26N2O5S. The second-order valence-corrected chi connectivity index (χ2v) is 8.19. The second kappa shape index (κ2) is 7.04. The van der Waals surface area contributed by atoms with Gasteiger partial charge in [0.2, 0.25) is 0 Å². The molecule has 0 radical (unpaired) electrons. The van der Waals surface area contributed by atoms with E-state index in [-0.39, 0.29) is 25.6 Å². The Morgan fingerprint density at radius 3 is 2.33 bits per heavy atom. The summed E-state index contributed by atoms with van der Waals surface area (Å²) in [5.74, 6) is -1.09. The standard InChI is InChI=1S/C13H26N2O5S/c1-10(2)8-13(3,18)9-14-21(19,20)15-6-4-11(5-7-15)12(16)17/h10-11,14,18H,4-9H2,1-3H3,(H,16,17). The maximum absolute atomic E-state index is 12.2. The zero-order valence-electron chi connectivity index (χ0n) is 12.9. The van der Waals surface area contributed by atoms with Crippen LogP contribution in [0.1, 0.15) is 40.0 Å². The van der Waals surface area contributed by atoms with Crippen molar-refractivity contribution in [3.05, 3.63) is 0 Å². The predicted molar refractivity (Wildman–Crippen MR) is 78.9 cm³/mol. The highest BCUT2D eigenvalue weighted by molar-refractivity contribution is 7.87. The number of carboxylic acids is 1. The lowest BCUT2D eigenvalue weighted by Gasteiger charge is -2.31. The summed E-state index contributed by atoms with van der Waals surface area (Å²) in [4.78, 5) is 10.9. The summed E-state index contributed by atoms with van der Waals surface area (Å²) in [6.07, 6.45) is 1.13. The van der Waals surface area contributed by atoms with Crippen molar-refractivity contribution < 1.29 is 23.4 Å². The molecule has 1 saturated heterocycles. The molecule has 1 atom stereocenters. The molecule has 0 aromatic rings. The van der Waals surface area contributed by atoms with Crippen LogP contribution in [0.3, 0.4) is 0 Å². The van der Waals surface area contributed by atoms with Gasteiger partial charge in [-0.05, 0) is 32.1 Å². The van der Waals surface area contributed by atoms with Crippen molar-refractivity contribution >= 4 is 16.2 Å². The number of hydrogen-bond donors (Lipinski definition) is 3. The van der Waals surface area contributed by atoms with Gasteiger partial charge in [-0.1, -0.05) is 13.8 Å². The summed E-state index contributed by atoms with van der Waals surface area (Å²) in [6.45, 7) is 5.86. The fourth-order valence-electron chi connectivity index (χ4n) is 2.63. The first-order chi connectivity index (χ1) is 9.53. The van der Waals surface area contributed by atoms with E-state index in [0.29, 0.717) is 19.3 Å². The first-order valence-electron chi connectivity index (χ1n) is 7.23. The number of nitrogens with one attached hydrogen (secondary N) is 1. The molecule has 21 heavy (non-hydrogen) atoms. The van der Waals surface area contributed by atoms with E-state index in [2.05, 4.69) is 4.72 Å². The lowest BCUT2D eigenvalue weighted by atomic mass is 9.95. The number of rotatable bonds is 7. The van der Waals surface area contributed by atoms with Crippen LogP contribution < -0.4 is 4.72 Å². The molecule has 1 rings (SSSR count). The van der Waals surface area contributed by atoms with Crippen LogP contribution in [0.4, 0.5) is 0 Å². The zero-order valence-corrected chi connectivity index (χ0v) is 13.7. The van der Waals surface area contributed by atoms with Crippen molar-refractivity contribution in [2.24, 2.45) is 11.8 Å². The van der Waals surface area contributed by atoms with Crippen LogP contribution in [0.25, 0.3) is 0 Å². The fourth-order valence-corrected chi connectivity index (χ4v) is 4.00. The van der Waals surface area contributed by atoms with E-state index >= 15 is 0 Å². The van der Waals surface area contributed by atoms with Crippen molar-refractivity contribution in [2.75, 3.05) is 19.6 Å². The molecule has 1 aliphatic rings. The zero-order chi connectivity index (χ0) is 16.3. The maximum Gasteiger partial charge on any atom is 0.306 e. The summed E-state index contributed by atoms with van der Waals surface area (Å²) in [5, 5.41) is 19.0. The molecular weight excluding hydrogens is 296 g/mol. The first kappa shape index (κ1) is 18.3. The van der Waals surface area contributed by atoms with Crippen LogP contribution >= 0.6 is 0 Å². The molecule has 0 aliphatic carbocycles. The molecule has 7 nitrogen and oxygen atoms in total. The molecule has 0 aromatic heterocycles. The van der Waals surface area contributed by atoms with E-state index in [1.54, 1.807) is 6.92 Å². The predicted octanol–water partition coefficient (Wildman–Crippen LogP) is 0.415. The third-order valence-corrected chi connectivity index (χ3v) is 5.18. The Hall–Kier alpha value is -0.700. The highest BCUT2D eigenvalue weighted by Crippen LogP contribution is 2.20. The molecule has 0 amide bonds. The summed E-state index contributed by atoms with van der Waals surface area (Å²) in [5.41, 5.74) is -1.10. The van der Waals surface area contributed by atoms with Crippen LogP contribution in [0, 0.1) is 11.8 Å². The molecule has 0 bridgehead atoms. The number of aliphatic hydroxyl groups is 1. The molecule has 0 spiro atoms. The smallest absolute Gasteiger partial charge is 0.306 e. The Bertz CT molecular complexity index is 453. The summed E-state index contributed by atoms with van der Waals surface area (Å²) in [7, 11) is -3.67. The Morgan fingerprint density at radius 2 is 1.90 bits per heavy atom. The monoisotopic (exact) mass is 322 g/mol. The van der Waals surface area contributed by atoms with E-state index in [9.17, 15) is 18.3 Å². The molecule has 0 saturated carbocycles. The number of piperidine rings is 1. The van der Waals surface area contributed by atoms with Crippen molar-refractivity contribution in [3.63, 3.8) is 0 Å². The van der Waals surface area contributed by atoms with Gasteiger partial charge in [0, 0.05) is 19.6 Å². The fraction of sp³-hybridized carbons (Fsp3) is 0.923. The van der Waals surface area contributed by atoms with E-state index < -0.39 is 27.7 Å². The lowest BCUT2D eigenvalue weighted by Crippen LogP contribution is -2.50. The minimum atomic E-state index is -3.67. The number of carbonyl (C=O) groups is 1. The third kappa shape index (κ3) is 5.90. The topological polar surface area (TPSA) is 107 Å². The first-order valence-corrected chi connectivity index (χ1v) is 8.67. The van der Waals surface area contributed by atoms with Crippen molar-refractivity contribution in [1.29, 1.82) is 0 Å². The van der Waals surface area contributed by atoms with Gasteiger partial charge in [-0.15, -0.1) is 0 Å². The molecule has 1 heterocycles. The summed E-state index contributed by atoms with van der Waals surface area (Å²) < 4.78 is 28.0. The van der Waals surface area contributed by atoms with Crippen molar-refractivity contribution in [2.45, 2.75) is 45.6 Å². The maximum atomic E-state index is 12.2. The molecule has 1 fully saturated rings. The Balaban J connectivity index is 2.53. The Labute approximate surface area is 126 Å². The largest absolute Gasteiger partial charge is 0.481 e. The molecule has 1 unspecified atom stereocenters. The minimum absolute atomic E-state index is 0.0492. The van der Waals surface area contributed by atoms with Crippen molar-refractivity contribution in [1.82, 2.24) is 9.03 Å². The highest BCUT2D eigenvalue weighted by atomic mass is 32.2.